The molecule has 2 aliphatic rings. The van der Waals surface area contributed by atoms with E-state index in [1.165, 1.54) is 6.07 Å². The number of aromatic nitrogens is 1. The van der Waals surface area contributed by atoms with Crippen LogP contribution in [0.2, 0.25) is 0 Å². The standard InChI is InChI=1S/C23H23FN2O3/c24-21-4-2-1-3-19(21)20-7-8-22(28)26-11-15-9-16(23(20)26)12-25(10-15)13-17-5-6-18(14-27)29-17/h1-8,15-16,27H,9-14H2/t15-,16+/m0/s1. The summed E-state index contributed by atoms with van der Waals surface area (Å²) in [7, 11) is 0. The van der Waals surface area contributed by atoms with Gasteiger partial charge in [0.05, 0.1) is 6.54 Å². The molecule has 5 rings (SSSR count). The minimum absolute atomic E-state index is 0.0122. The lowest BCUT2D eigenvalue weighted by Gasteiger charge is -2.43. The predicted molar refractivity (Wildman–Crippen MR) is 107 cm³/mol. The van der Waals surface area contributed by atoms with Crippen LogP contribution in [0.5, 0.6) is 0 Å². The fraction of sp³-hybridized carbons (Fsp3) is 0.348. The van der Waals surface area contributed by atoms with Gasteiger partial charge in [0, 0.05) is 48.4 Å². The Bertz CT molecular complexity index is 1100. The van der Waals surface area contributed by atoms with Gasteiger partial charge in [-0.3, -0.25) is 9.69 Å². The van der Waals surface area contributed by atoms with Gasteiger partial charge in [-0.2, -0.15) is 0 Å². The topological polar surface area (TPSA) is 58.6 Å². The molecule has 1 N–H and O–H groups in total. The van der Waals surface area contributed by atoms with Gasteiger partial charge in [-0.15, -0.1) is 0 Å². The third kappa shape index (κ3) is 3.32. The Hall–Kier alpha value is -2.70. The second-order valence-electron chi connectivity index (χ2n) is 8.08. The highest BCUT2D eigenvalue weighted by Gasteiger charge is 2.36. The Morgan fingerprint density at radius 2 is 1.83 bits per heavy atom. The number of furan rings is 1. The molecule has 0 unspecified atom stereocenters. The van der Waals surface area contributed by atoms with Crippen molar-refractivity contribution in [2.75, 3.05) is 13.1 Å². The zero-order chi connectivity index (χ0) is 20.0. The second kappa shape index (κ2) is 7.28. The third-order valence-corrected chi connectivity index (χ3v) is 6.08. The maximum Gasteiger partial charge on any atom is 0.250 e. The molecule has 29 heavy (non-hydrogen) atoms. The zero-order valence-corrected chi connectivity index (χ0v) is 16.1. The van der Waals surface area contributed by atoms with E-state index in [-0.39, 0.29) is 23.9 Å². The van der Waals surface area contributed by atoms with Crippen LogP contribution in [0.3, 0.4) is 0 Å². The molecule has 0 radical (unpaired) electrons. The highest BCUT2D eigenvalue weighted by Crippen LogP contribution is 2.40. The maximum absolute atomic E-state index is 14.5. The molecule has 2 bridgehead atoms. The van der Waals surface area contributed by atoms with Gasteiger partial charge in [0.15, 0.2) is 0 Å². The zero-order valence-electron chi connectivity index (χ0n) is 16.1. The lowest BCUT2D eigenvalue weighted by Crippen LogP contribution is -2.47. The Morgan fingerprint density at radius 3 is 2.62 bits per heavy atom. The van der Waals surface area contributed by atoms with E-state index in [0.29, 0.717) is 30.3 Å². The van der Waals surface area contributed by atoms with Gasteiger partial charge in [-0.1, -0.05) is 18.2 Å². The van der Waals surface area contributed by atoms with E-state index in [9.17, 15) is 14.3 Å². The average molecular weight is 394 g/mol. The number of hydrogen-bond acceptors (Lipinski definition) is 4. The molecule has 0 aliphatic carbocycles. The molecule has 1 aromatic carbocycles. The highest BCUT2D eigenvalue weighted by atomic mass is 19.1. The fourth-order valence-electron chi connectivity index (χ4n) is 4.96. The first-order valence-corrected chi connectivity index (χ1v) is 10.0. The number of fused-ring (bicyclic) bond motifs is 4. The summed E-state index contributed by atoms with van der Waals surface area (Å²) < 4.78 is 22.1. The molecule has 5 nitrogen and oxygen atoms in total. The van der Waals surface area contributed by atoms with Gasteiger partial charge in [-0.25, -0.2) is 4.39 Å². The van der Waals surface area contributed by atoms with Crippen molar-refractivity contribution in [3.63, 3.8) is 0 Å². The number of pyridine rings is 1. The van der Waals surface area contributed by atoms with Crippen LogP contribution in [0.1, 0.15) is 29.6 Å². The first-order valence-electron chi connectivity index (χ1n) is 10.0. The molecular formula is C23H23FN2O3. The van der Waals surface area contributed by atoms with Crippen LogP contribution in [-0.4, -0.2) is 27.7 Å². The number of nitrogens with zero attached hydrogens (tertiary/aromatic N) is 2. The van der Waals surface area contributed by atoms with Gasteiger partial charge in [0.25, 0.3) is 5.56 Å². The van der Waals surface area contributed by atoms with Crippen molar-refractivity contribution in [2.45, 2.75) is 32.0 Å². The quantitative estimate of drug-likeness (QED) is 0.737. The van der Waals surface area contributed by atoms with Crippen molar-refractivity contribution in [3.8, 4) is 11.1 Å². The minimum Gasteiger partial charge on any atom is -0.462 e. The fourth-order valence-corrected chi connectivity index (χ4v) is 4.96. The molecule has 2 atom stereocenters. The molecular weight excluding hydrogens is 371 g/mol. The van der Waals surface area contributed by atoms with E-state index in [2.05, 4.69) is 4.90 Å². The summed E-state index contributed by atoms with van der Waals surface area (Å²) >= 11 is 0. The van der Waals surface area contributed by atoms with Crippen molar-refractivity contribution >= 4 is 0 Å². The van der Waals surface area contributed by atoms with Gasteiger partial charge in [0.1, 0.15) is 23.9 Å². The maximum atomic E-state index is 14.5. The molecule has 4 heterocycles. The Labute approximate surface area is 168 Å². The summed E-state index contributed by atoms with van der Waals surface area (Å²) in [6.07, 6.45) is 1.00. The summed E-state index contributed by atoms with van der Waals surface area (Å²) in [4.78, 5) is 14.9. The first kappa shape index (κ1) is 18.3. The molecule has 3 aromatic rings. The average Bonchev–Trinajstić information content (AvgIpc) is 3.17. The van der Waals surface area contributed by atoms with Crippen LogP contribution in [0.25, 0.3) is 11.1 Å². The molecule has 1 fully saturated rings. The molecule has 0 spiro atoms. The van der Waals surface area contributed by atoms with Crippen molar-refractivity contribution < 1.29 is 13.9 Å². The van der Waals surface area contributed by atoms with Crippen molar-refractivity contribution in [3.05, 3.63) is 81.9 Å². The van der Waals surface area contributed by atoms with E-state index in [0.717, 1.165) is 36.5 Å². The van der Waals surface area contributed by atoms with Gasteiger partial charge < -0.3 is 14.1 Å². The van der Waals surface area contributed by atoms with E-state index in [4.69, 9.17) is 4.42 Å². The van der Waals surface area contributed by atoms with Crippen molar-refractivity contribution in [1.29, 1.82) is 0 Å². The van der Waals surface area contributed by atoms with Crippen molar-refractivity contribution in [2.24, 2.45) is 5.92 Å². The van der Waals surface area contributed by atoms with E-state index in [1.807, 2.05) is 16.7 Å². The largest absolute Gasteiger partial charge is 0.462 e. The number of benzene rings is 1. The number of rotatable bonds is 4. The number of piperidine rings is 1. The number of aliphatic hydroxyl groups is 1. The molecule has 0 saturated carbocycles. The normalized spacial score (nSPS) is 21.2. The van der Waals surface area contributed by atoms with Gasteiger partial charge in [0.2, 0.25) is 0 Å². The lowest BCUT2D eigenvalue weighted by molar-refractivity contribution is 0.107. The highest BCUT2D eigenvalue weighted by molar-refractivity contribution is 5.67. The lowest BCUT2D eigenvalue weighted by atomic mass is 9.80. The van der Waals surface area contributed by atoms with Crippen LogP contribution in [0.15, 0.2) is 57.7 Å². The van der Waals surface area contributed by atoms with Gasteiger partial charge in [-0.05, 0) is 36.6 Å². The van der Waals surface area contributed by atoms with Crippen LogP contribution < -0.4 is 5.56 Å². The summed E-state index contributed by atoms with van der Waals surface area (Å²) in [5.41, 5.74) is 2.29. The van der Waals surface area contributed by atoms with Gasteiger partial charge >= 0.3 is 0 Å². The van der Waals surface area contributed by atoms with E-state index < -0.39 is 0 Å². The monoisotopic (exact) mass is 394 g/mol. The van der Waals surface area contributed by atoms with Crippen molar-refractivity contribution in [1.82, 2.24) is 9.47 Å². The molecule has 1 saturated heterocycles. The third-order valence-electron chi connectivity index (χ3n) is 6.08. The summed E-state index contributed by atoms with van der Waals surface area (Å²) in [5.74, 6) is 1.67. The Kier molecular flexibility index (Phi) is 4.60. The van der Waals surface area contributed by atoms with E-state index in [1.54, 1.807) is 30.3 Å². The predicted octanol–water partition coefficient (Wildman–Crippen LogP) is 3.36. The number of aliphatic hydroxyl groups excluding tert-OH is 1. The van der Waals surface area contributed by atoms with Crippen LogP contribution >= 0.6 is 0 Å². The van der Waals surface area contributed by atoms with Crippen LogP contribution in [-0.2, 0) is 19.7 Å². The number of halogens is 1. The summed E-state index contributed by atoms with van der Waals surface area (Å²) in [6.45, 7) is 2.90. The molecule has 2 aliphatic heterocycles. The molecule has 0 amide bonds. The second-order valence-corrected chi connectivity index (χ2v) is 8.08. The first-order chi connectivity index (χ1) is 14.1. The number of hydrogen-bond donors (Lipinski definition) is 1. The molecule has 2 aromatic heterocycles. The minimum atomic E-state index is -0.268. The smallest absolute Gasteiger partial charge is 0.250 e. The Morgan fingerprint density at radius 1 is 1.00 bits per heavy atom. The summed E-state index contributed by atoms with van der Waals surface area (Å²) in [6, 6.07) is 13.8. The SMILES string of the molecule is O=c1ccc(-c2ccccc2F)c2n1C[C@H]1C[C@@H]2CN(Cc2ccc(CO)o2)C1. The molecule has 150 valence electrons. The van der Waals surface area contributed by atoms with Crippen LogP contribution in [0, 0.1) is 11.7 Å². The summed E-state index contributed by atoms with van der Waals surface area (Å²) in [5, 5.41) is 9.21. The van der Waals surface area contributed by atoms with E-state index >= 15 is 0 Å². The Balaban J connectivity index is 1.50. The van der Waals surface area contributed by atoms with Crippen LogP contribution in [0.4, 0.5) is 4.39 Å². The number of likely N-dealkylation sites (tertiary alicyclic amines) is 1. The molecule has 6 heteroatoms.